The van der Waals surface area contributed by atoms with Crippen molar-refractivity contribution >= 4 is 39.1 Å². The van der Waals surface area contributed by atoms with Crippen LogP contribution in [0.25, 0.3) is 43.4 Å². The van der Waals surface area contributed by atoms with Gasteiger partial charge in [-0.05, 0) is 89.9 Å². The highest BCUT2D eigenvalue weighted by molar-refractivity contribution is 7.22. The van der Waals surface area contributed by atoms with E-state index < -0.39 is 11.6 Å². The number of aryl methyl sites for hydroxylation is 1. The first-order chi connectivity index (χ1) is 19.2. The molecule has 212 valence electrons. The van der Waals surface area contributed by atoms with Crippen LogP contribution in [0.1, 0.15) is 52.7 Å². The van der Waals surface area contributed by atoms with Crippen molar-refractivity contribution in [1.29, 1.82) is 0 Å². The number of benzene rings is 2. The summed E-state index contributed by atoms with van der Waals surface area (Å²) in [5.41, 5.74) is 4.67. The molecule has 2 aromatic carbocycles. The van der Waals surface area contributed by atoms with Crippen molar-refractivity contribution in [2.24, 2.45) is 0 Å². The van der Waals surface area contributed by atoms with Crippen molar-refractivity contribution < 1.29 is 14.6 Å². The van der Waals surface area contributed by atoms with Crippen LogP contribution in [0.4, 0.5) is 0 Å². The highest BCUT2D eigenvalue weighted by Gasteiger charge is 2.24. The van der Waals surface area contributed by atoms with Gasteiger partial charge in [-0.3, -0.25) is 9.48 Å². The lowest BCUT2D eigenvalue weighted by Gasteiger charge is -2.24. The van der Waals surface area contributed by atoms with Gasteiger partial charge in [0.2, 0.25) is 0 Å². The quantitative estimate of drug-likeness (QED) is 0.215. The molecule has 3 aromatic heterocycles. The Hall–Kier alpha value is -3.82. The average Bonchev–Trinajstić information content (AvgIpc) is 3.52. The predicted molar refractivity (Wildman–Crippen MR) is 164 cm³/mol. The number of ether oxygens (including phenoxy) is 1. The third-order valence-corrected chi connectivity index (χ3v) is 7.72. The normalized spacial score (nSPS) is 12.2. The molecule has 3 heterocycles. The summed E-state index contributed by atoms with van der Waals surface area (Å²) in [5, 5.41) is 15.5. The first-order valence-electron chi connectivity index (χ1n) is 13.2. The molecule has 1 N–H and O–H groups in total. The lowest BCUT2D eigenvalue weighted by molar-refractivity contribution is -0.136. The molecular weight excluding hydrogens is 558 g/mol. The fourth-order valence-electron chi connectivity index (χ4n) is 4.55. The molecule has 8 nitrogen and oxygen atoms in total. The van der Waals surface area contributed by atoms with E-state index in [1.54, 1.807) is 24.5 Å². The van der Waals surface area contributed by atoms with Crippen LogP contribution >= 0.6 is 22.9 Å². The van der Waals surface area contributed by atoms with Gasteiger partial charge in [-0.2, -0.15) is 5.10 Å². The molecule has 5 rings (SSSR count). The molecule has 0 aliphatic carbocycles. The minimum Gasteiger partial charge on any atom is -0.487 e. The van der Waals surface area contributed by atoms with Gasteiger partial charge in [0.15, 0.2) is 5.82 Å². The summed E-state index contributed by atoms with van der Waals surface area (Å²) < 4.78 is 9.06. The highest BCUT2D eigenvalue weighted by atomic mass is 35.5. The Morgan fingerprint density at radius 3 is 2.51 bits per heavy atom. The number of fused-ring (bicyclic) bond motifs is 1. The second-order valence-corrected chi connectivity index (χ2v) is 13.4. The molecule has 0 fully saturated rings. The Balaban J connectivity index is 1.70. The van der Waals surface area contributed by atoms with Gasteiger partial charge in [0.05, 0.1) is 33.9 Å². The van der Waals surface area contributed by atoms with Gasteiger partial charge in [0, 0.05) is 28.5 Å². The number of carboxylic acids is 1. The van der Waals surface area contributed by atoms with E-state index in [0.29, 0.717) is 32.9 Å². The average molecular weight is 590 g/mol. The zero-order chi connectivity index (χ0) is 29.7. The molecule has 0 saturated heterocycles. The van der Waals surface area contributed by atoms with Crippen molar-refractivity contribution in [3.8, 4) is 39.0 Å². The van der Waals surface area contributed by atoms with Gasteiger partial charge in [0.25, 0.3) is 0 Å². The van der Waals surface area contributed by atoms with Crippen LogP contribution < -0.4 is 4.74 Å². The molecule has 0 atom stereocenters. The van der Waals surface area contributed by atoms with Crippen molar-refractivity contribution in [1.82, 2.24) is 24.7 Å². The second-order valence-electron chi connectivity index (χ2n) is 11.9. The second kappa shape index (κ2) is 10.5. The van der Waals surface area contributed by atoms with Crippen LogP contribution in [-0.2, 0) is 16.8 Å². The van der Waals surface area contributed by atoms with Crippen LogP contribution in [0.3, 0.4) is 0 Å². The van der Waals surface area contributed by atoms with E-state index in [0.717, 1.165) is 32.5 Å². The van der Waals surface area contributed by atoms with E-state index in [9.17, 15) is 9.90 Å². The summed E-state index contributed by atoms with van der Waals surface area (Å²) in [4.78, 5) is 26.2. The molecule has 0 aliphatic heterocycles. The molecular formula is C31H32ClN5O3S. The van der Waals surface area contributed by atoms with Gasteiger partial charge in [-0.15, -0.1) is 11.3 Å². The Labute approximate surface area is 248 Å². The summed E-state index contributed by atoms with van der Waals surface area (Å²) >= 11 is 7.84. The molecule has 10 heteroatoms. The maximum atomic E-state index is 12.0. The lowest BCUT2D eigenvalue weighted by Crippen LogP contribution is -2.23. The zero-order valence-electron chi connectivity index (χ0n) is 24.1. The van der Waals surface area contributed by atoms with Crippen molar-refractivity contribution in [2.75, 3.05) is 0 Å². The van der Waals surface area contributed by atoms with Crippen LogP contribution in [0.15, 0.2) is 48.9 Å². The van der Waals surface area contributed by atoms with Gasteiger partial charge in [-0.25, -0.2) is 15.0 Å². The zero-order valence-corrected chi connectivity index (χ0v) is 25.7. The van der Waals surface area contributed by atoms with Crippen LogP contribution in [-0.4, -0.2) is 41.4 Å². The Morgan fingerprint density at radius 2 is 1.85 bits per heavy atom. The minimum atomic E-state index is -0.915. The summed E-state index contributed by atoms with van der Waals surface area (Å²) in [6.45, 7) is 14.0. The van der Waals surface area contributed by atoms with Crippen molar-refractivity contribution in [3.05, 3.63) is 65.1 Å². The number of halogens is 1. The Bertz CT molecular complexity index is 1780. The van der Waals surface area contributed by atoms with Crippen LogP contribution in [0.2, 0.25) is 5.02 Å². The maximum Gasteiger partial charge on any atom is 0.307 e. The van der Waals surface area contributed by atoms with Crippen molar-refractivity contribution in [3.63, 3.8) is 0 Å². The van der Waals surface area contributed by atoms with Gasteiger partial charge < -0.3 is 9.84 Å². The lowest BCUT2D eigenvalue weighted by atomic mass is 9.92. The topological polar surface area (TPSA) is 103 Å². The summed E-state index contributed by atoms with van der Waals surface area (Å²) in [5.74, 6) is 0.222. The smallest absolute Gasteiger partial charge is 0.307 e. The van der Waals surface area contributed by atoms with Gasteiger partial charge in [0.1, 0.15) is 22.1 Å². The Morgan fingerprint density at radius 1 is 1.10 bits per heavy atom. The number of aliphatic carboxylic acids is 1. The fraction of sp³-hybridized carbons (Fsp3) is 0.323. The molecule has 0 bridgehead atoms. The summed E-state index contributed by atoms with van der Waals surface area (Å²) in [7, 11) is 0. The van der Waals surface area contributed by atoms with Crippen LogP contribution in [0.5, 0.6) is 5.75 Å². The number of carbonyl (C=O) groups is 1. The monoisotopic (exact) mass is 589 g/mol. The molecule has 0 unspecified atom stereocenters. The van der Waals surface area contributed by atoms with Crippen molar-refractivity contribution in [2.45, 2.75) is 66.0 Å². The first kappa shape index (κ1) is 28.7. The molecule has 0 amide bonds. The molecule has 41 heavy (non-hydrogen) atoms. The molecule has 0 radical (unpaired) electrons. The number of carboxylic acid groups (broad SMARTS) is 1. The molecule has 0 saturated carbocycles. The number of hydrogen-bond acceptors (Lipinski definition) is 7. The van der Waals surface area contributed by atoms with E-state index in [2.05, 4.69) is 30.9 Å². The number of hydrogen-bond donors (Lipinski definition) is 1. The third kappa shape index (κ3) is 6.11. The predicted octanol–water partition coefficient (Wildman–Crippen LogP) is 7.81. The van der Waals surface area contributed by atoms with Crippen LogP contribution in [0, 0.1) is 6.92 Å². The maximum absolute atomic E-state index is 12.0. The summed E-state index contributed by atoms with van der Waals surface area (Å²) in [6.07, 6.45) is 5.28. The van der Waals surface area contributed by atoms with E-state index in [4.69, 9.17) is 26.3 Å². The fourth-order valence-corrected chi connectivity index (χ4v) is 5.81. The van der Waals surface area contributed by atoms with Gasteiger partial charge >= 0.3 is 5.97 Å². The third-order valence-electron chi connectivity index (χ3n) is 6.37. The summed E-state index contributed by atoms with van der Waals surface area (Å²) in [6, 6.07) is 9.22. The number of thiazole rings is 1. The van der Waals surface area contributed by atoms with E-state index >= 15 is 0 Å². The SMILES string of the molecule is Cc1cc2nc(-c3ccnc(-c4cnn(C(C)(C)C)c4)n3)sc2c(-c2ccc(Cl)cc2OC(C)(C)C)c1CC(=O)O. The molecule has 0 spiro atoms. The Kier molecular flexibility index (Phi) is 7.38. The van der Waals surface area contributed by atoms with Gasteiger partial charge in [-0.1, -0.05) is 11.6 Å². The number of nitrogens with zero attached hydrogens (tertiary/aromatic N) is 5. The number of aromatic nitrogens is 5. The van der Waals surface area contributed by atoms with E-state index in [1.807, 2.05) is 56.8 Å². The molecule has 0 aliphatic rings. The van der Waals surface area contributed by atoms with E-state index in [1.165, 1.54) is 11.3 Å². The highest BCUT2D eigenvalue weighted by Crippen LogP contribution is 2.45. The molecule has 5 aromatic rings. The minimum absolute atomic E-state index is 0.142. The standard InChI is InChI=1S/C31H32ClN5O3S/c1-17-12-23-27(26(21(17)14-25(38)39)20-9-8-19(32)13-24(20)40-31(5,6)7)41-29(36-23)22-10-11-33-28(35-22)18-15-34-37(16-18)30(2,3)4/h8-13,15-16H,14H2,1-7H3,(H,38,39). The van der Waals surface area contributed by atoms with E-state index in [-0.39, 0.29) is 12.0 Å². The largest absolute Gasteiger partial charge is 0.487 e. The first-order valence-corrected chi connectivity index (χ1v) is 14.4. The number of rotatable bonds is 6.